The summed E-state index contributed by atoms with van der Waals surface area (Å²) in [6.07, 6.45) is 0.466. The molecule has 0 saturated heterocycles. The summed E-state index contributed by atoms with van der Waals surface area (Å²) in [5.41, 5.74) is 2.37. The third-order valence-electron chi connectivity index (χ3n) is 2.87. The summed E-state index contributed by atoms with van der Waals surface area (Å²) in [7, 11) is 0. The Labute approximate surface area is 112 Å². The number of rotatable bonds is 4. The Kier molecular flexibility index (Phi) is 4.15. The molecule has 1 N–H and O–H groups in total. The van der Waals surface area contributed by atoms with E-state index in [4.69, 9.17) is 0 Å². The maximum Gasteiger partial charge on any atom is 0.225 e. The molecule has 2 rings (SSSR count). The summed E-state index contributed by atoms with van der Waals surface area (Å²) >= 11 is 1.62. The number of aryl methyl sites for hydroxylation is 1. The van der Waals surface area contributed by atoms with Crippen LogP contribution in [0, 0.1) is 6.92 Å². The van der Waals surface area contributed by atoms with Crippen LogP contribution in [0.5, 0.6) is 0 Å². The first-order chi connectivity index (χ1) is 8.65. The van der Waals surface area contributed by atoms with Gasteiger partial charge in [0.05, 0.1) is 12.5 Å². The molecule has 0 aliphatic heterocycles. The highest BCUT2D eigenvalue weighted by Crippen LogP contribution is 2.14. The van der Waals surface area contributed by atoms with Crippen molar-refractivity contribution in [1.82, 2.24) is 5.32 Å². The molecule has 18 heavy (non-hydrogen) atoms. The van der Waals surface area contributed by atoms with Crippen molar-refractivity contribution in [3.8, 4) is 0 Å². The van der Waals surface area contributed by atoms with Gasteiger partial charge in [0.2, 0.25) is 5.91 Å². The third-order valence-corrected chi connectivity index (χ3v) is 3.75. The molecule has 2 aromatic rings. The highest BCUT2D eigenvalue weighted by molar-refractivity contribution is 7.10. The topological polar surface area (TPSA) is 29.1 Å². The maximum atomic E-state index is 11.9. The number of nitrogens with one attached hydrogen (secondary N) is 1. The average molecular weight is 259 g/mol. The van der Waals surface area contributed by atoms with E-state index in [0.29, 0.717) is 6.42 Å². The Hall–Kier alpha value is -1.61. The molecule has 1 atom stereocenters. The quantitative estimate of drug-likeness (QED) is 0.895. The fourth-order valence-electron chi connectivity index (χ4n) is 1.80. The molecule has 0 fully saturated rings. The van der Waals surface area contributed by atoms with E-state index in [9.17, 15) is 4.79 Å². The van der Waals surface area contributed by atoms with Gasteiger partial charge in [-0.25, -0.2) is 0 Å². The predicted octanol–water partition coefficient (Wildman–Crippen LogP) is 3.48. The van der Waals surface area contributed by atoms with Gasteiger partial charge in [0.15, 0.2) is 0 Å². The van der Waals surface area contributed by atoms with Crippen LogP contribution in [0.3, 0.4) is 0 Å². The average Bonchev–Trinajstić information content (AvgIpc) is 2.82. The van der Waals surface area contributed by atoms with Gasteiger partial charge in [-0.1, -0.05) is 35.9 Å². The first kappa shape index (κ1) is 12.8. The zero-order valence-corrected chi connectivity index (χ0v) is 11.5. The lowest BCUT2D eigenvalue weighted by atomic mass is 10.1. The zero-order chi connectivity index (χ0) is 13.0. The lowest BCUT2D eigenvalue weighted by molar-refractivity contribution is -0.121. The molecule has 0 saturated carbocycles. The molecule has 1 aromatic carbocycles. The van der Waals surface area contributed by atoms with E-state index >= 15 is 0 Å². The largest absolute Gasteiger partial charge is 0.349 e. The summed E-state index contributed by atoms with van der Waals surface area (Å²) < 4.78 is 0. The molecule has 3 heteroatoms. The van der Waals surface area contributed by atoms with Crippen LogP contribution >= 0.6 is 11.3 Å². The zero-order valence-electron chi connectivity index (χ0n) is 10.6. The van der Waals surface area contributed by atoms with Crippen molar-refractivity contribution in [2.24, 2.45) is 0 Å². The van der Waals surface area contributed by atoms with Gasteiger partial charge in [-0.15, -0.1) is 11.3 Å². The van der Waals surface area contributed by atoms with Crippen LogP contribution < -0.4 is 5.32 Å². The summed E-state index contributed by atoms with van der Waals surface area (Å²) in [6, 6.07) is 12.3. The van der Waals surface area contributed by atoms with Gasteiger partial charge >= 0.3 is 0 Å². The van der Waals surface area contributed by atoms with Crippen molar-refractivity contribution < 1.29 is 4.79 Å². The fraction of sp³-hybridized carbons (Fsp3) is 0.267. The van der Waals surface area contributed by atoms with Crippen molar-refractivity contribution in [2.45, 2.75) is 26.3 Å². The molecule has 1 heterocycles. The summed E-state index contributed by atoms with van der Waals surface area (Å²) in [5.74, 6) is 0.0746. The molecule has 0 aliphatic rings. The molecule has 0 aliphatic carbocycles. The molecule has 94 valence electrons. The maximum absolute atomic E-state index is 11.9. The van der Waals surface area contributed by atoms with E-state index in [1.54, 1.807) is 11.3 Å². The molecular weight excluding hydrogens is 242 g/mol. The Morgan fingerprint density at radius 2 is 2.00 bits per heavy atom. The van der Waals surface area contributed by atoms with Gasteiger partial charge in [0, 0.05) is 4.88 Å². The smallest absolute Gasteiger partial charge is 0.225 e. The van der Waals surface area contributed by atoms with E-state index < -0.39 is 0 Å². The Morgan fingerprint density at radius 1 is 1.28 bits per heavy atom. The molecular formula is C15H17NOS. The second-order valence-electron chi connectivity index (χ2n) is 4.46. The number of amides is 1. The van der Waals surface area contributed by atoms with Crippen LogP contribution in [0.2, 0.25) is 0 Å². The number of hydrogen-bond acceptors (Lipinski definition) is 2. The van der Waals surface area contributed by atoms with Gasteiger partial charge < -0.3 is 5.32 Å². The minimum Gasteiger partial charge on any atom is -0.349 e. The van der Waals surface area contributed by atoms with Crippen molar-refractivity contribution in [3.05, 3.63) is 57.8 Å². The van der Waals surface area contributed by atoms with Crippen molar-refractivity contribution >= 4 is 17.2 Å². The second kappa shape index (κ2) is 5.83. The van der Waals surface area contributed by atoms with Crippen LogP contribution in [0.4, 0.5) is 0 Å². The van der Waals surface area contributed by atoms with Gasteiger partial charge in [-0.05, 0) is 30.9 Å². The summed E-state index contributed by atoms with van der Waals surface area (Å²) in [6.45, 7) is 4.07. The predicted molar refractivity (Wildman–Crippen MR) is 75.8 cm³/mol. The summed E-state index contributed by atoms with van der Waals surface area (Å²) in [4.78, 5) is 13.0. The molecule has 1 amide bonds. The lowest BCUT2D eigenvalue weighted by Gasteiger charge is -2.14. The van der Waals surface area contributed by atoms with Gasteiger partial charge in [0.1, 0.15) is 0 Å². The lowest BCUT2D eigenvalue weighted by Crippen LogP contribution is -2.27. The van der Waals surface area contributed by atoms with Gasteiger partial charge in [-0.2, -0.15) is 0 Å². The number of carbonyl (C=O) groups excluding carboxylic acids is 1. The standard InChI is InChI=1S/C15H17NOS/c1-11-5-7-13(8-6-11)12(2)16-15(17)10-14-4-3-9-18-14/h3-9,12H,10H2,1-2H3,(H,16,17)/t12-/m0/s1. The number of hydrogen-bond donors (Lipinski definition) is 1. The van der Waals surface area contributed by atoms with E-state index in [0.717, 1.165) is 10.4 Å². The minimum atomic E-state index is 0.0538. The Morgan fingerprint density at radius 3 is 2.61 bits per heavy atom. The van der Waals surface area contributed by atoms with E-state index in [1.807, 2.05) is 24.4 Å². The van der Waals surface area contributed by atoms with Crippen LogP contribution in [0.1, 0.15) is 29.0 Å². The van der Waals surface area contributed by atoms with Gasteiger partial charge in [0.25, 0.3) is 0 Å². The highest BCUT2D eigenvalue weighted by Gasteiger charge is 2.10. The number of benzene rings is 1. The Balaban J connectivity index is 1.92. The first-order valence-corrected chi connectivity index (χ1v) is 6.91. The normalized spacial score (nSPS) is 12.1. The molecule has 0 radical (unpaired) electrons. The van der Waals surface area contributed by atoms with Crippen molar-refractivity contribution in [1.29, 1.82) is 0 Å². The van der Waals surface area contributed by atoms with Crippen LogP contribution in [0.15, 0.2) is 41.8 Å². The van der Waals surface area contributed by atoms with Crippen LogP contribution in [-0.4, -0.2) is 5.91 Å². The number of carbonyl (C=O) groups is 1. The summed E-state index contributed by atoms with van der Waals surface area (Å²) in [5, 5.41) is 5.01. The fourth-order valence-corrected chi connectivity index (χ4v) is 2.51. The highest BCUT2D eigenvalue weighted by atomic mass is 32.1. The van der Waals surface area contributed by atoms with Crippen molar-refractivity contribution in [3.63, 3.8) is 0 Å². The van der Waals surface area contributed by atoms with E-state index in [1.165, 1.54) is 5.56 Å². The first-order valence-electron chi connectivity index (χ1n) is 6.03. The third kappa shape index (κ3) is 3.44. The van der Waals surface area contributed by atoms with Crippen LogP contribution in [-0.2, 0) is 11.2 Å². The van der Waals surface area contributed by atoms with Crippen molar-refractivity contribution in [2.75, 3.05) is 0 Å². The molecule has 0 spiro atoms. The second-order valence-corrected chi connectivity index (χ2v) is 5.49. The van der Waals surface area contributed by atoms with E-state index in [2.05, 4.69) is 36.5 Å². The number of thiophene rings is 1. The molecule has 0 unspecified atom stereocenters. The Bertz CT molecular complexity index is 502. The monoisotopic (exact) mass is 259 g/mol. The SMILES string of the molecule is Cc1ccc([C@H](C)NC(=O)Cc2cccs2)cc1. The molecule has 2 nitrogen and oxygen atoms in total. The van der Waals surface area contributed by atoms with E-state index in [-0.39, 0.29) is 11.9 Å². The van der Waals surface area contributed by atoms with Gasteiger partial charge in [-0.3, -0.25) is 4.79 Å². The van der Waals surface area contributed by atoms with Crippen LogP contribution in [0.25, 0.3) is 0 Å². The minimum absolute atomic E-state index is 0.0538. The molecule has 1 aromatic heterocycles. The molecule has 0 bridgehead atoms.